The molecule has 0 spiro atoms. The average Bonchev–Trinajstić information content (AvgIpc) is 3.41. The fourth-order valence-corrected chi connectivity index (χ4v) is 8.07. The Bertz CT molecular complexity index is 1900. The van der Waals surface area contributed by atoms with Crippen molar-refractivity contribution in [3.8, 4) is 28.6 Å². The number of piperazine rings is 1. The third-order valence-electron chi connectivity index (χ3n) is 11.2. The number of hydrogen-bond acceptors (Lipinski definition) is 12. The number of nitrogens with zero attached hydrogens (tertiary/aromatic N) is 6. The Hall–Kier alpha value is -4.72. The van der Waals surface area contributed by atoms with Crippen molar-refractivity contribution in [3.05, 3.63) is 78.8 Å². The minimum Gasteiger partial charge on any atom is -0.489 e. The van der Waals surface area contributed by atoms with Gasteiger partial charge >= 0.3 is 0 Å². The lowest BCUT2D eigenvalue weighted by Gasteiger charge is -2.43. The van der Waals surface area contributed by atoms with Crippen LogP contribution in [-0.4, -0.2) is 86.4 Å². The molecule has 2 bridgehead atoms. The third-order valence-corrected chi connectivity index (χ3v) is 15.7. The lowest BCUT2D eigenvalue weighted by Crippen LogP contribution is -2.54. The fourth-order valence-electron chi connectivity index (χ4n) is 7.12. The van der Waals surface area contributed by atoms with Gasteiger partial charge < -0.3 is 38.9 Å². The largest absolute Gasteiger partial charge is 0.489 e. The van der Waals surface area contributed by atoms with E-state index in [4.69, 9.17) is 29.1 Å². The van der Waals surface area contributed by atoms with Crippen LogP contribution in [-0.2, 0) is 9.16 Å². The Morgan fingerprint density at radius 1 is 0.926 bits per heavy atom. The highest BCUT2D eigenvalue weighted by molar-refractivity contribution is 6.74. The number of rotatable bonds is 14. The number of anilines is 3. The van der Waals surface area contributed by atoms with E-state index in [1.807, 2.05) is 60.8 Å². The topological polar surface area (TPSA) is 130 Å². The standard InChI is InChI=1S/C41H53N7O5Si/c1-41(2,3)54(5,6)51-19-9-10-28-13-16-32(24-44-28)52-33-21-34(22-33)53-39-20-29(17-18-43-39)48-30-14-15-31(48)26-47(25-30)37-23-36(45-46-40(37)42)35-11-7-8-12-38(35)50-27-49-4/h7-13,16-18,20,23-24,30-31,33-34H,14-15,19,21-22,25-27H2,1-6H3,(H2,42,46)/t30?,31?,33-,34-. The van der Waals surface area contributed by atoms with Crippen LogP contribution >= 0.6 is 0 Å². The molecule has 2 saturated heterocycles. The summed E-state index contributed by atoms with van der Waals surface area (Å²) in [6.45, 7) is 13.7. The predicted octanol–water partition coefficient (Wildman–Crippen LogP) is 7.38. The Balaban J connectivity index is 0.911. The van der Waals surface area contributed by atoms with E-state index >= 15 is 0 Å². The number of benzene rings is 1. The van der Waals surface area contributed by atoms with E-state index in [1.165, 1.54) is 0 Å². The van der Waals surface area contributed by atoms with E-state index in [2.05, 4.69) is 76.0 Å². The van der Waals surface area contributed by atoms with Gasteiger partial charge in [0.1, 0.15) is 23.7 Å². The molecule has 0 amide bonds. The second-order valence-corrected chi connectivity index (χ2v) is 20.7. The lowest BCUT2D eigenvalue weighted by atomic mass is 9.92. The SMILES string of the molecule is COCOc1ccccc1-c1cc(N2CC3CCC(C2)N3c2ccnc(O[C@H]3C[C@H](Oc4ccc(C=CCO[Si](C)(C)C(C)(C)C)nc4)C3)c2)c(N)nn1. The van der Waals surface area contributed by atoms with Gasteiger partial charge in [0, 0.05) is 68.6 Å². The van der Waals surface area contributed by atoms with Gasteiger partial charge in [0.05, 0.1) is 29.9 Å². The number of fused-ring (bicyclic) bond motifs is 2. The zero-order valence-electron chi connectivity index (χ0n) is 32.3. The number of para-hydroxylation sites is 1. The maximum Gasteiger partial charge on any atom is 0.215 e. The van der Waals surface area contributed by atoms with Gasteiger partial charge in [0.15, 0.2) is 20.9 Å². The molecule has 3 aliphatic rings. The van der Waals surface area contributed by atoms with E-state index in [1.54, 1.807) is 13.3 Å². The van der Waals surface area contributed by atoms with Crippen LogP contribution in [0.1, 0.15) is 52.1 Å². The maximum absolute atomic E-state index is 6.44. The van der Waals surface area contributed by atoms with Gasteiger partial charge in [-0.15, -0.1) is 10.2 Å². The molecule has 13 heteroatoms. The molecule has 2 N–H and O–H groups in total. The van der Waals surface area contributed by atoms with Crippen LogP contribution in [0.3, 0.4) is 0 Å². The predicted molar refractivity (Wildman–Crippen MR) is 215 cm³/mol. The normalized spacial score (nSPS) is 21.3. The highest BCUT2D eigenvalue weighted by atomic mass is 28.4. The highest BCUT2D eigenvalue weighted by Crippen LogP contribution is 2.40. The quantitative estimate of drug-likeness (QED) is 0.102. The third kappa shape index (κ3) is 8.48. The number of nitrogens with two attached hydrogens (primary N) is 1. The summed E-state index contributed by atoms with van der Waals surface area (Å²) in [6.07, 6.45) is 11.6. The van der Waals surface area contributed by atoms with Crippen LogP contribution in [0, 0.1) is 0 Å². The Kier molecular flexibility index (Phi) is 11.1. The average molecular weight is 752 g/mol. The first-order valence-corrected chi connectivity index (χ1v) is 21.8. The summed E-state index contributed by atoms with van der Waals surface area (Å²) in [5, 5.41) is 8.96. The van der Waals surface area contributed by atoms with Crippen LogP contribution < -0.4 is 29.7 Å². The molecule has 54 heavy (non-hydrogen) atoms. The Morgan fingerprint density at radius 3 is 2.41 bits per heavy atom. The van der Waals surface area contributed by atoms with Crippen LogP contribution in [0.5, 0.6) is 17.4 Å². The van der Waals surface area contributed by atoms with Crippen LogP contribution in [0.4, 0.5) is 17.2 Å². The second kappa shape index (κ2) is 15.9. The molecule has 2 atom stereocenters. The molecule has 3 aromatic heterocycles. The fraction of sp³-hybridized carbons (Fsp3) is 0.463. The van der Waals surface area contributed by atoms with Gasteiger partial charge in [-0.25, -0.2) is 4.98 Å². The zero-order chi connectivity index (χ0) is 37.9. The molecule has 1 saturated carbocycles. The number of pyridine rings is 2. The van der Waals surface area contributed by atoms with Crippen LogP contribution in [0.2, 0.25) is 18.1 Å². The molecule has 0 radical (unpaired) electrons. The van der Waals surface area contributed by atoms with Gasteiger partial charge in [-0.2, -0.15) is 0 Å². The summed E-state index contributed by atoms with van der Waals surface area (Å²) in [5.41, 5.74) is 10.9. The van der Waals surface area contributed by atoms with E-state index in [0.29, 0.717) is 41.8 Å². The van der Waals surface area contributed by atoms with Gasteiger partial charge in [0.2, 0.25) is 5.88 Å². The van der Waals surface area contributed by atoms with E-state index in [0.717, 1.165) is 67.2 Å². The van der Waals surface area contributed by atoms with Crippen LogP contribution in [0.15, 0.2) is 73.1 Å². The summed E-state index contributed by atoms with van der Waals surface area (Å²) in [4.78, 5) is 14.0. The van der Waals surface area contributed by atoms with Gasteiger partial charge in [0.25, 0.3) is 0 Å². The molecule has 1 aromatic carbocycles. The van der Waals surface area contributed by atoms with Crippen molar-refractivity contribution in [2.75, 3.05) is 49.1 Å². The molecule has 2 unspecified atom stereocenters. The summed E-state index contributed by atoms with van der Waals surface area (Å²) >= 11 is 0. The smallest absolute Gasteiger partial charge is 0.215 e. The second-order valence-electron chi connectivity index (χ2n) is 15.9. The molecular formula is C41H53N7O5Si. The van der Waals surface area contributed by atoms with Gasteiger partial charge in [-0.1, -0.05) is 39.0 Å². The van der Waals surface area contributed by atoms with Crippen molar-refractivity contribution in [3.63, 3.8) is 0 Å². The maximum atomic E-state index is 6.44. The van der Waals surface area contributed by atoms with Gasteiger partial charge in [-0.05, 0) is 73.4 Å². The number of hydrogen-bond donors (Lipinski definition) is 1. The minimum atomic E-state index is -1.76. The Morgan fingerprint density at radius 2 is 1.69 bits per heavy atom. The molecular weight excluding hydrogens is 699 g/mol. The molecule has 286 valence electrons. The summed E-state index contributed by atoms with van der Waals surface area (Å²) in [7, 11) is -0.163. The zero-order valence-corrected chi connectivity index (χ0v) is 33.3. The number of ether oxygens (including phenoxy) is 4. The highest BCUT2D eigenvalue weighted by Gasteiger charge is 2.41. The van der Waals surface area contributed by atoms with Crippen molar-refractivity contribution < 1.29 is 23.4 Å². The van der Waals surface area contributed by atoms with E-state index in [-0.39, 0.29) is 24.0 Å². The van der Waals surface area contributed by atoms with E-state index < -0.39 is 8.32 Å². The number of methoxy groups -OCH3 is 1. The summed E-state index contributed by atoms with van der Waals surface area (Å²) in [5.74, 6) is 2.52. The van der Waals surface area contributed by atoms with Crippen molar-refractivity contribution in [1.82, 2.24) is 20.2 Å². The van der Waals surface area contributed by atoms with E-state index in [9.17, 15) is 0 Å². The first kappa shape index (κ1) is 37.6. The molecule has 5 heterocycles. The van der Waals surface area contributed by atoms with Crippen LogP contribution in [0.25, 0.3) is 17.3 Å². The molecule has 2 aliphatic heterocycles. The molecule has 3 fully saturated rings. The van der Waals surface area contributed by atoms with Crippen molar-refractivity contribution in [2.24, 2.45) is 0 Å². The first-order chi connectivity index (χ1) is 26.0. The summed E-state index contributed by atoms with van der Waals surface area (Å²) < 4.78 is 29.7. The van der Waals surface area contributed by atoms with Crippen molar-refractivity contribution in [1.29, 1.82) is 0 Å². The molecule has 4 aromatic rings. The monoisotopic (exact) mass is 751 g/mol. The molecule has 1 aliphatic carbocycles. The van der Waals surface area contributed by atoms with Gasteiger partial charge in [-0.3, -0.25) is 4.98 Å². The molecule has 12 nitrogen and oxygen atoms in total. The minimum absolute atomic E-state index is 0.0591. The molecule has 7 rings (SSSR count). The number of nitrogen functional groups attached to an aromatic ring is 1. The summed E-state index contributed by atoms with van der Waals surface area (Å²) in [6, 6.07) is 18.6. The lowest BCUT2D eigenvalue weighted by molar-refractivity contribution is 0.00210. The first-order valence-electron chi connectivity index (χ1n) is 18.9. The Labute approximate surface area is 319 Å². The van der Waals surface area contributed by atoms with Crippen molar-refractivity contribution in [2.45, 2.75) is 88.9 Å². The van der Waals surface area contributed by atoms with Crippen molar-refractivity contribution >= 4 is 31.6 Å². The number of aromatic nitrogens is 4.